The monoisotopic (exact) mass is 379 g/mol. The molecule has 0 saturated carbocycles. The summed E-state index contributed by atoms with van der Waals surface area (Å²) in [5.74, 6) is -0.934. The minimum absolute atomic E-state index is 0.0241. The van der Waals surface area contributed by atoms with Crippen molar-refractivity contribution in [2.24, 2.45) is 0 Å². The van der Waals surface area contributed by atoms with Crippen LogP contribution in [-0.4, -0.2) is 34.5 Å². The first kappa shape index (κ1) is 16.9. The number of carbonyl (C=O) groups is 1. The van der Waals surface area contributed by atoms with Crippen LogP contribution in [0.25, 0.3) is 5.76 Å². The van der Waals surface area contributed by atoms with Gasteiger partial charge in [0, 0.05) is 6.08 Å². The van der Waals surface area contributed by atoms with Gasteiger partial charge in [-0.3, -0.25) is 9.89 Å². The van der Waals surface area contributed by atoms with E-state index in [0.29, 0.717) is 9.79 Å². The first-order valence-corrected chi connectivity index (χ1v) is 8.65. The van der Waals surface area contributed by atoms with Gasteiger partial charge in [0.15, 0.2) is 11.5 Å². The lowest BCUT2D eigenvalue weighted by Gasteiger charge is -2.13. The van der Waals surface area contributed by atoms with Gasteiger partial charge in [-0.05, 0) is 24.3 Å². The summed E-state index contributed by atoms with van der Waals surface area (Å²) in [6.45, 7) is 0. The molecule has 8 nitrogen and oxygen atoms in total. The number of hydrogen-bond donors (Lipinski definition) is 2. The summed E-state index contributed by atoms with van der Waals surface area (Å²) in [6, 6.07) is 8.04. The van der Waals surface area contributed by atoms with Gasteiger partial charge in [-0.25, -0.2) is 13.4 Å². The van der Waals surface area contributed by atoms with Gasteiger partial charge >= 0.3 is 0 Å². The van der Waals surface area contributed by atoms with Crippen LogP contribution in [0.4, 0.5) is 0 Å². The van der Waals surface area contributed by atoms with E-state index in [-0.39, 0.29) is 22.4 Å². The zero-order valence-electron chi connectivity index (χ0n) is 12.4. The van der Waals surface area contributed by atoms with Gasteiger partial charge in [-0.15, -0.1) is 0 Å². The number of rotatable bonds is 3. The number of hydrogen-bond acceptors (Lipinski definition) is 7. The third-order valence-corrected chi connectivity index (χ3v) is 5.23. The average molecular weight is 380 g/mol. The third kappa shape index (κ3) is 3.32. The van der Waals surface area contributed by atoms with Crippen LogP contribution in [0, 0.1) is 0 Å². The van der Waals surface area contributed by atoms with E-state index in [2.05, 4.69) is 15.2 Å². The normalized spacial score (nSPS) is 14.2. The molecular formula is C15H10ClN3O5S. The Hall–Kier alpha value is -2.91. The molecule has 2 aliphatic rings. The molecule has 0 spiro atoms. The molecule has 5 rings (SSSR count). The maximum atomic E-state index is 11.6. The Morgan fingerprint density at radius 3 is 2.44 bits per heavy atom. The van der Waals surface area contributed by atoms with Crippen molar-refractivity contribution in [3.8, 4) is 0 Å². The van der Waals surface area contributed by atoms with E-state index < -0.39 is 15.6 Å². The maximum absolute atomic E-state index is 11.6. The third-order valence-electron chi connectivity index (χ3n) is 3.18. The highest BCUT2D eigenvalue weighted by Crippen LogP contribution is 2.30. The summed E-state index contributed by atoms with van der Waals surface area (Å²) in [7, 11) is -2.93. The van der Waals surface area contributed by atoms with Gasteiger partial charge in [-0.1, -0.05) is 17.7 Å². The van der Waals surface area contributed by atoms with Crippen LogP contribution in [0.3, 0.4) is 0 Å². The quantitative estimate of drug-likeness (QED) is 0.318. The fourth-order valence-electron chi connectivity index (χ4n) is 1.94. The van der Waals surface area contributed by atoms with Gasteiger partial charge in [0.1, 0.15) is 6.33 Å². The van der Waals surface area contributed by atoms with Gasteiger partial charge in [0.05, 0.1) is 21.1 Å². The Morgan fingerprint density at radius 2 is 2.00 bits per heavy atom. The van der Waals surface area contributed by atoms with Crippen molar-refractivity contribution < 1.29 is 22.7 Å². The van der Waals surface area contributed by atoms with Crippen molar-refractivity contribution in [3.05, 3.63) is 65.6 Å². The number of H-pyrrole nitrogens is 1. The minimum atomic E-state index is -2.93. The van der Waals surface area contributed by atoms with Gasteiger partial charge in [-0.2, -0.15) is 5.10 Å². The highest BCUT2D eigenvalue weighted by atomic mass is 35.5. The van der Waals surface area contributed by atoms with Crippen LogP contribution in [-0.2, 0) is 9.84 Å². The molecule has 25 heavy (non-hydrogen) atoms. The number of benzene rings is 1. The number of ketones is 1. The van der Waals surface area contributed by atoms with E-state index >= 15 is 0 Å². The number of nitrogens with zero attached hydrogens (tertiary/aromatic N) is 2. The number of aromatic nitrogens is 3. The van der Waals surface area contributed by atoms with Crippen LogP contribution in [0.15, 0.2) is 63.2 Å². The molecule has 2 aliphatic heterocycles. The zero-order valence-corrected chi connectivity index (χ0v) is 14.0. The Morgan fingerprint density at radius 1 is 1.28 bits per heavy atom. The van der Waals surface area contributed by atoms with E-state index in [1.165, 1.54) is 18.7 Å². The highest BCUT2D eigenvalue weighted by molar-refractivity contribution is 7.92. The van der Waals surface area contributed by atoms with Crippen molar-refractivity contribution in [1.29, 1.82) is 0 Å². The second kappa shape index (κ2) is 6.54. The number of aliphatic hydroxyl groups excluding tert-OH is 1. The van der Waals surface area contributed by atoms with E-state index in [1.54, 1.807) is 24.3 Å². The van der Waals surface area contributed by atoms with Crippen LogP contribution in [0.5, 0.6) is 0 Å². The Balaban J connectivity index is 0.000000170. The van der Waals surface area contributed by atoms with Gasteiger partial charge in [0.2, 0.25) is 21.4 Å². The second-order valence-electron chi connectivity index (χ2n) is 4.79. The van der Waals surface area contributed by atoms with Crippen molar-refractivity contribution >= 4 is 33.0 Å². The second-order valence-corrected chi connectivity index (χ2v) is 7.15. The molecule has 1 aromatic carbocycles. The molecule has 4 heterocycles. The topological polar surface area (TPSA) is 126 Å². The minimum Gasteiger partial charge on any atom is -0.504 e. The molecular weight excluding hydrogens is 370 g/mol. The number of halogens is 1. The van der Waals surface area contributed by atoms with Crippen molar-refractivity contribution in [2.45, 2.75) is 9.79 Å². The standard InChI is InChI=1S/C9H6ClN3O3.C6H4O2S/c10-5-1-2-16-8(5)6(14)3-7(15)9-11-4-12-13-9;7-9(8)5-2-1-3-6(9)4-5/h1-4,15H,(H,11,12,13);1-4H. The zero-order chi connectivity index (χ0) is 18.0. The number of fused-ring (bicyclic) bond motifs is 2. The smallest absolute Gasteiger partial charge is 0.226 e. The lowest BCUT2D eigenvalue weighted by Crippen LogP contribution is -2.10. The summed E-state index contributed by atoms with van der Waals surface area (Å²) in [6.07, 6.45) is 3.50. The number of furan rings is 1. The van der Waals surface area contributed by atoms with E-state index in [1.807, 2.05) is 0 Å². The molecule has 0 saturated heterocycles. The molecule has 0 radical (unpaired) electrons. The van der Waals surface area contributed by atoms with Crippen LogP contribution in [0.1, 0.15) is 16.4 Å². The molecule has 0 atom stereocenters. The van der Waals surface area contributed by atoms with Crippen molar-refractivity contribution in [1.82, 2.24) is 15.2 Å². The van der Waals surface area contributed by atoms with Crippen LogP contribution < -0.4 is 0 Å². The number of nitrogens with one attached hydrogen (secondary N) is 1. The molecule has 0 unspecified atom stereocenters. The van der Waals surface area contributed by atoms with E-state index in [9.17, 15) is 18.3 Å². The number of allylic oxidation sites excluding steroid dienone is 1. The molecule has 2 aromatic heterocycles. The van der Waals surface area contributed by atoms with Crippen molar-refractivity contribution in [2.75, 3.05) is 0 Å². The van der Waals surface area contributed by atoms with E-state index in [0.717, 1.165) is 6.08 Å². The number of sulfone groups is 1. The Kier molecular flexibility index (Phi) is 4.43. The highest BCUT2D eigenvalue weighted by Gasteiger charge is 2.26. The van der Waals surface area contributed by atoms with Crippen LogP contribution in [0.2, 0.25) is 5.02 Å². The predicted octanol–water partition coefficient (Wildman–Crippen LogP) is 2.67. The summed E-state index contributed by atoms with van der Waals surface area (Å²) in [5.41, 5.74) is 0. The predicted molar refractivity (Wildman–Crippen MR) is 86.9 cm³/mol. The molecule has 3 aromatic rings. The van der Waals surface area contributed by atoms with Crippen LogP contribution >= 0.6 is 11.6 Å². The van der Waals surface area contributed by atoms with Gasteiger partial charge in [0.25, 0.3) is 0 Å². The SMILES string of the molecule is O=C(C=C(O)c1nc[nH]n1)c1occc1Cl.O=S1(=O)c2cccc1c2. The summed E-state index contributed by atoms with van der Waals surface area (Å²) >= 11 is 5.68. The first-order valence-electron chi connectivity index (χ1n) is 6.79. The number of aliphatic hydroxyl groups is 1. The fraction of sp³-hybridized carbons (Fsp3) is 0. The lowest BCUT2D eigenvalue weighted by molar-refractivity contribution is 0.102. The summed E-state index contributed by atoms with van der Waals surface area (Å²) in [5, 5.41) is 15.7. The Labute approximate surface area is 146 Å². The molecule has 2 bridgehead atoms. The number of carbonyl (C=O) groups excluding carboxylic acids is 1. The largest absolute Gasteiger partial charge is 0.504 e. The molecule has 128 valence electrons. The molecule has 2 N–H and O–H groups in total. The molecule has 0 amide bonds. The fourth-order valence-corrected chi connectivity index (χ4v) is 3.30. The average Bonchev–Trinajstić information content (AvgIpc) is 3.27. The van der Waals surface area contributed by atoms with Gasteiger partial charge < -0.3 is 9.52 Å². The first-order chi connectivity index (χ1) is 11.9. The lowest BCUT2D eigenvalue weighted by atomic mass is 10.2. The maximum Gasteiger partial charge on any atom is 0.226 e. The van der Waals surface area contributed by atoms with Crippen molar-refractivity contribution in [3.63, 3.8) is 0 Å². The summed E-state index contributed by atoms with van der Waals surface area (Å²) in [4.78, 5) is 16.1. The van der Waals surface area contributed by atoms with E-state index in [4.69, 9.17) is 16.0 Å². The Bertz CT molecular complexity index is 1020. The molecule has 0 aliphatic carbocycles. The number of aromatic amines is 1. The summed E-state index contributed by atoms with van der Waals surface area (Å²) < 4.78 is 26.5. The molecule has 10 heteroatoms. The molecule has 0 fully saturated rings.